The predicted molar refractivity (Wildman–Crippen MR) is 106 cm³/mol. The van der Waals surface area contributed by atoms with Gasteiger partial charge in [-0.3, -0.25) is 0 Å². The molecular weight excluding hydrogens is 312 g/mol. The Hall–Kier alpha value is -1.84. The van der Waals surface area contributed by atoms with Gasteiger partial charge in [-0.1, -0.05) is 60.3 Å². The van der Waals surface area contributed by atoms with Gasteiger partial charge in [0.1, 0.15) is 5.03 Å². The first kappa shape index (κ1) is 17.0. The molecule has 1 aromatic heterocycles. The standard InChI is InChI=1S/C21H24N2S/c1-21(2,15-23(3)4)24-20-18(16-10-6-5-7-11-16)14-17-12-8-9-13-19(17)22-20/h5-14H,15H2,1-4H3. The number of rotatable bonds is 5. The zero-order chi connectivity index (χ0) is 17.2. The van der Waals surface area contributed by atoms with Crippen LogP contribution in [0.3, 0.4) is 0 Å². The molecule has 0 amide bonds. The van der Waals surface area contributed by atoms with Crippen LogP contribution in [0.2, 0.25) is 0 Å². The summed E-state index contributed by atoms with van der Waals surface area (Å²) in [5.41, 5.74) is 3.49. The van der Waals surface area contributed by atoms with Gasteiger partial charge in [0.25, 0.3) is 0 Å². The minimum Gasteiger partial charge on any atom is -0.308 e. The highest BCUT2D eigenvalue weighted by atomic mass is 32.2. The van der Waals surface area contributed by atoms with Crippen LogP contribution >= 0.6 is 11.8 Å². The van der Waals surface area contributed by atoms with Crippen LogP contribution in [0.15, 0.2) is 65.7 Å². The van der Waals surface area contributed by atoms with Crippen LogP contribution in [-0.4, -0.2) is 35.3 Å². The molecule has 0 spiro atoms. The summed E-state index contributed by atoms with van der Waals surface area (Å²) >= 11 is 1.86. The highest BCUT2D eigenvalue weighted by Crippen LogP contribution is 2.39. The summed E-state index contributed by atoms with van der Waals surface area (Å²) in [6.45, 7) is 5.56. The maximum atomic E-state index is 4.99. The van der Waals surface area contributed by atoms with Crippen molar-refractivity contribution in [2.45, 2.75) is 23.6 Å². The molecule has 0 N–H and O–H groups in total. The topological polar surface area (TPSA) is 16.1 Å². The molecule has 0 radical (unpaired) electrons. The molecule has 0 atom stereocenters. The number of pyridine rings is 1. The molecule has 0 aliphatic rings. The summed E-state index contributed by atoms with van der Waals surface area (Å²) in [6.07, 6.45) is 0. The van der Waals surface area contributed by atoms with Crippen molar-refractivity contribution in [2.75, 3.05) is 20.6 Å². The molecule has 0 fully saturated rings. The summed E-state index contributed by atoms with van der Waals surface area (Å²) in [7, 11) is 4.24. The fourth-order valence-electron chi connectivity index (χ4n) is 3.06. The zero-order valence-electron chi connectivity index (χ0n) is 14.8. The summed E-state index contributed by atoms with van der Waals surface area (Å²) in [4.78, 5) is 7.22. The summed E-state index contributed by atoms with van der Waals surface area (Å²) in [5, 5.41) is 2.29. The van der Waals surface area contributed by atoms with Crippen molar-refractivity contribution >= 4 is 22.7 Å². The summed E-state index contributed by atoms with van der Waals surface area (Å²) in [6, 6.07) is 21.2. The molecule has 0 saturated heterocycles. The van der Waals surface area contributed by atoms with Crippen molar-refractivity contribution in [2.24, 2.45) is 0 Å². The summed E-state index contributed by atoms with van der Waals surface area (Å²) in [5.74, 6) is 0. The highest BCUT2D eigenvalue weighted by molar-refractivity contribution is 8.00. The maximum absolute atomic E-state index is 4.99. The largest absolute Gasteiger partial charge is 0.308 e. The number of fused-ring (bicyclic) bond motifs is 1. The second-order valence-electron chi connectivity index (χ2n) is 7.00. The lowest BCUT2D eigenvalue weighted by Crippen LogP contribution is -2.31. The van der Waals surface area contributed by atoms with E-state index in [2.05, 4.69) is 93.5 Å². The molecule has 0 aliphatic heterocycles. The van der Waals surface area contributed by atoms with E-state index in [1.807, 2.05) is 11.8 Å². The average Bonchev–Trinajstić information content (AvgIpc) is 2.53. The molecule has 2 nitrogen and oxygen atoms in total. The third-order valence-electron chi connectivity index (χ3n) is 3.84. The van der Waals surface area contributed by atoms with Gasteiger partial charge in [-0.15, -0.1) is 0 Å². The Kier molecular flexibility index (Phi) is 4.93. The Balaban J connectivity index is 2.10. The third kappa shape index (κ3) is 3.97. The van der Waals surface area contributed by atoms with Gasteiger partial charge < -0.3 is 4.90 Å². The maximum Gasteiger partial charge on any atom is 0.105 e. The molecule has 124 valence electrons. The van der Waals surface area contributed by atoms with Crippen molar-refractivity contribution < 1.29 is 0 Å². The lowest BCUT2D eigenvalue weighted by atomic mass is 10.1. The lowest BCUT2D eigenvalue weighted by Gasteiger charge is -2.28. The number of nitrogens with zero attached hydrogens (tertiary/aromatic N) is 2. The highest BCUT2D eigenvalue weighted by Gasteiger charge is 2.23. The fourth-order valence-corrected chi connectivity index (χ4v) is 4.33. The van der Waals surface area contributed by atoms with Gasteiger partial charge in [-0.2, -0.15) is 0 Å². The molecule has 0 saturated carbocycles. The first-order valence-electron chi connectivity index (χ1n) is 8.24. The second-order valence-corrected chi connectivity index (χ2v) is 8.70. The van der Waals surface area contributed by atoms with Crippen molar-refractivity contribution in [3.8, 4) is 11.1 Å². The van der Waals surface area contributed by atoms with E-state index in [-0.39, 0.29) is 4.75 Å². The SMILES string of the molecule is CN(C)CC(C)(C)Sc1nc2ccccc2cc1-c1ccccc1. The van der Waals surface area contributed by atoms with Gasteiger partial charge in [0.2, 0.25) is 0 Å². The van der Waals surface area contributed by atoms with Gasteiger partial charge in [0.15, 0.2) is 0 Å². The van der Waals surface area contributed by atoms with E-state index < -0.39 is 0 Å². The van der Waals surface area contributed by atoms with Crippen molar-refractivity contribution in [3.63, 3.8) is 0 Å². The van der Waals surface area contributed by atoms with Crippen LogP contribution in [0.1, 0.15) is 13.8 Å². The molecule has 3 aromatic rings. The van der Waals surface area contributed by atoms with Crippen LogP contribution < -0.4 is 0 Å². The van der Waals surface area contributed by atoms with Gasteiger partial charge in [0, 0.05) is 22.2 Å². The van der Waals surface area contributed by atoms with Crippen LogP contribution in [0.25, 0.3) is 22.0 Å². The average molecular weight is 337 g/mol. The Morgan fingerprint density at radius 2 is 1.62 bits per heavy atom. The number of hydrogen-bond acceptors (Lipinski definition) is 3. The van der Waals surface area contributed by atoms with E-state index in [1.54, 1.807) is 0 Å². The quantitative estimate of drug-likeness (QED) is 0.586. The molecule has 3 rings (SSSR count). The van der Waals surface area contributed by atoms with Crippen LogP contribution in [0, 0.1) is 0 Å². The lowest BCUT2D eigenvalue weighted by molar-refractivity contribution is 0.373. The number of para-hydroxylation sites is 1. The van der Waals surface area contributed by atoms with E-state index in [0.29, 0.717) is 0 Å². The minimum absolute atomic E-state index is 0.0858. The summed E-state index contributed by atoms with van der Waals surface area (Å²) < 4.78 is 0.0858. The third-order valence-corrected chi connectivity index (χ3v) is 5.03. The molecule has 0 aliphatic carbocycles. The van der Waals surface area contributed by atoms with E-state index in [4.69, 9.17) is 4.98 Å². The van der Waals surface area contributed by atoms with Crippen molar-refractivity contribution in [1.29, 1.82) is 0 Å². The molecule has 3 heteroatoms. The Bertz CT molecular complexity index is 826. The first-order chi connectivity index (χ1) is 11.4. The molecule has 0 unspecified atom stereocenters. The molecule has 0 bridgehead atoms. The number of benzene rings is 2. The number of hydrogen-bond donors (Lipinski definition) is 0. The molecule has 2 aromatic carbocycles. The van der Waals surface area contributed by atoms with Crippen molar-refractivity contribution in [1.82, 2.24) is 9.88 Å². The van der Waals surface area contributed by atoms with E-state index in [1.165, 1.54) is 16.5 Å². The van der Waals surface area contributed by atoms with Gasteiger partial charge in [-0.25, -0.2) is 4.98 Å². The number of thioether (sulfide) groups is 1. The van der Waals surface area contributed by atoms with E-state index in [9.17, 15) is 0 Å². The zero-order valence-corrected chi connectivity index (χ0v) is 15.6. The molecule has 1 heterocycles. The van der Waals surface area contributed by atoms with Gasteiger partial charge >= 0.3 is 0 Å². The van der Waals surface area contributed by atoms with E-state index >= 15 is 0 Å². The van der Waals surface area contributed by atoms with Crippen LogP contribution in [-0.2, 0) is 0 Å². The molecule has 24 heavy (non-hydrogen) atoms. The number of aromatic nitrogens is 1. The Morgan fingerprint density at radius 3 is 2.33 bits per heavy atom. The monoisotopic (exact) mass is 336 g/mol. The smallest absolute Gasteiger partial charge is 0.105 e. The van der Waals surface area contributed by atoms with E-state index in [0.717, 1.165) is 17.1 Å². The minimum atomic E-state index is 0.0858. The van der Waals surface area contributed by atoms with Crippen LogP contribution in [0.5, 0.6) is 0 Å². The van der Waals surface area contributed by atoms with Crippen LogP contribution in [0.4, 0.5) is 0 Å². The fraction of sp³-hybridized carbons (Fsp3) is 0.286. The molecular formula is C21H24N2S. The van der Waals surface area contributed by atoms with Gasteiger partial charge in [-0.05, 0) is 45.6 Å². The first-order valence-corrected chi connectivity index (χ1v) is 9.05. The van der Waals surface area contributed by atoms with Crippen molar-refractivity contribution in [3.05, 3.63) is 60.7 Å². The van der Waals surface area contributed by atoms with Gasteiger partial charge in [0.05, 0.1) is 5.52 Å². The Morgan fingerprint density at radius 1 is 0.958 bits per heavy atom. The second kappa shape index (κ2) is 6.96. The normalized spacial score (nSPS) is 12.0. The predicted octanol–water partition coefficient (Wildman–Crippen LogP) is 5.33. The Labute approximate surface area is 148 Å².